The van der Waals surface area contributed by atoms with E-state index in [1.807, 2.05) is 0 Å². The van der Waals surface area contributed by atoms with Crippen LogP contribution in [0.25, 0.3) is 0 Å². The first-order valence-corrected chi connectivity index (χ1v) is 7.89. The largest absolute Gasteiger partial charge is 0.397 e. The standard InChI is InChI=1S/C9H16O8S2/c1-9(6-8-17-19(13,14)15)5-3-2-4-7-16-18(10,11)12/h2-3,5H,4,6-8H2,1H3,(H,10,11,12)(H,13,14,15). The lowest BCUT2D eigenvalue weighted by atomic mass is 10.2. The molecule has 0 aromatic rings. The van der Waals surface area contributed by atoms with E-state index in [0.717, 1.165) is 5.57 Å². The summed E-state index contributed by atoms with van der Waals surface area (Å²) in [5.74, 6) is 0. The van der Waals surface area contributed by atoms with Gasteiger partial charge in [0.2, 0.25) is 0 Å². The summed E-state index contributed by atoms with van der Waals surface area (Å²) in [6, 6.07) is 0. The molecule has 0 unspecified atom stereocenters. The minimum absolute atomic E-state index is 0.166. The minimum atomic E-state index is -4.41. The summed E-state index contributed by atoms with van der Waals surface area (Å²) in [5.41, 5.74) is 0.801. The molecule has 0 saturated carbocycles. The van der Waals surface area contributed by atoms with Crippen molar-refractivity contribution in [3.05, 3.63) is 23.8 Å². The monoisotopic (exact) mass is 316 g/mol. The second-order valence-electron chi connectivity index (χ2n) is 3.48. The Hall–Kier alpha value is -0.780. The molecule has 0 aliphatic rings. The lowest BCUT2D eigenvalue weighted by molar-refractivity contribution is 0.270. The van der Waals surface area contributed by atoms with Crippen LogP contribution < -0.4 is 0 Å². The number of rotatable bonds is 9. The summed E-state index contributed by atoms with van der Waals surface area (Å²) >= 11 is 0. The summed E-state index contributed by atoms with van der Waals surface area (Å²) in [5, 5.41) is 0. The van der Waals surface area contributed by atoms with Crippen molar-refractivity contribution in [2.45, 2.75) is 19.8 Å². The van der Waals surface area contributed by atoms with Gasteiger partial charge in [-0.05, 0) is 19.8 Å². The molecule has 0 aromatic heterocycles. The maximum atomic E-state index is 10.2. The highest BCUT2D eigenvalue weighted by Gasteiger charge is 2.03. The average Bonchev–Trinajstić information content (AvgIpc) is 2.19. The normalized spacial score (nSPS) is 14.2. The van der Waals surface area contributed by atoms with Crippen molar-refractivity contribution >= 4 is 20.8 Å². The molecule has 8 nitrogen and oxygen atoms in total. The Labute approximate surface area is 112 Å². The van der Waals surface area contributed by atoms with Gasteiger partial charge in [0, 0.05) is 0 Å². The molecule has 0 saturated heterocycles. The van der Waals surface area contributed by atoms with Crippen LogP contribution in [-0.4, -0.2) is 39.2 Å². The Morgan fingerprint density at radius 3 is 2.11 bits per heavy atom. The molecule has 0 atom stereocenters. The average molecular weight is 316 g/mol. The Balaban J connectivity index is 3.86. The van der Waals surface area contributed by atoms with Crippen LogP contribution in [0.3, 0.4) is 0 Å². The molecule has 0 aliphatic heterocycles. The summed E-state index contributed by atoms with van der Waals surface area (Å²) in [6.07, 6.45) is 5.49. The van der Waals surface area contributed by atoms with E-state index in [1.54, 1.807) is 25.2 Å². The molecule has 10 heteroatoms. The van der Waals surface area contributed by atoms with E-state index in [1.165, 1.54) is 0 Å². The van der Waals surface area contributed by atoms with Gasteiger partial charge in [-0.15, -0.1) is 0 Å². The fourth-order valence-electron chi connectivity index (χ4n) is 0.941. The van der Waals surface area contributed by atoms with Gasteiger partial charge in [-0.25, -0.2) is 8.37 Å². The topological polar surface area (TPSA) is 127 Å². The van der Waals surface area contributed by atoms with Gasteiger partial charge in [0.25, 0.3) is 0 Å². The van der Waals surface area contributed by atoms with Crippen molar-refractivity contribution in [1.29, 1.82) is 0 Å². The minimum Gasteiger partial charge on any atom is -0.264 e. The van der Waals surface area contributed by atoms with Crippen LogP contribution in [0.2, 0.25) is 0 Å². The molecule has 0 heterocycles. The van der Waals surface area contributed by atoms with Gasteiger partial charge in [-0.1, -0.05) is 23.8 Å². The van der Waals surface area contributed by atoms with Crippen molar-refractivity contribution in [3.63, 3.8) is 0 Å². The van der Waals surface area contributed by atoms with Gasteiger partial charge in [0.1, 0.15) is 0 Å². The number of hydrogen-bond acceptors (Lipinski definition) is 6. The second kappa shape index (κ2) is 8.40. The molecule has 0 radical (unpaired) electrons. The third-order valence-electron chi connectivity index (χ3n) is 1.76. The molecular formula is C9H16O8S2. The molecule has 112 valence electrons. The van der Waals surface area contributed by atoms with Crippen LogP contribution >= 0.6 is 0 Å². The summed E-state index contributed by atoms with van der Waals surface area (Å²) < 4.78 is 65.6. The van der Waals surface area contributed by atoms with Crippen LogP contribution in [-0.2, 0) is 29.2 Å². The fourth-order valence-corrected chi connectivity index (χ4v) is 1.54. The lowest BCUT2D eigenvalue weighted by Crippen LogP contribution is -2.04. The van der Waals surface area contributed by atoms with E-state index in [0.29, 0.717) is 6.42 Å². The maximum Gasteiger partial charge on any atom is 0.397 e. The molecule has 0 aromatic carbocycles. The van der Waals surface area contributed by atoms with Crippen molar-refractivity contribution in [2.24, 2.45) is 0 Å². The van der Waals surface area contributed by atoms with Gasteiger partial charge in [0.05, 0.1) is 13.2 Å². The molecule has 19 heavy (non-hydrogen) atoms. The molecule has 0 aliphatic carbocycles. The van der Waals surface area contributed by atoms with Gasteiger partial charge in [-0.2, -0.15) is 16.8 Å². The molecule has 2 N–H and O–H groups in total. The SMILES string of the molecule is CC(=CC=CCCOS(=O)(=O)O)CCOS(=O)(=O)O. The van der Waals surface area contributed by atoms with E-state index in [-0.39, 0.29) is 19.6 Å². The Kier molecular flexibility index (Phi) is 8.06. The molecule has 0 amide bonds. The second-order valence-corrected chi connectivity index (χ2v) is 5.66. The third kappa shape index (κ3) is 15.2. The zero-order valence-corrected chi connectivity index (χ0v) is 11.9. The summed E-state index contributed by atoms with van der Waals surface area (Å²) in [4.78, 5) is 0. The van der Waals surface area contributed by atoms with E-state index in [9.17, 15) is 16.8 Å². The smallest absolute Gasteiger partial charge is 0.264 e. The highest BCUT2D eigenvalue weighted by molar-refractivity contribution is 7.81. The Bertz CT molecular complexity index is 514. The van der Waals surface area contributed by atoms with E-state index in [4.69, 9.17) is 9.11 Å². The highest BCUT2D eigenvalue weighted by atomic mass is 32.3. The third-order valence-corrected chi connectivity index (χ3v) is 2.69. The predicted octanol–water partition coefficient (Wildman–Crippen LogP) is 0.908. The Morgan fingerprint density at radius 1 is 1.05 bits per heavy atom. The number of allylic oxidation sites excluding steroid dienone is 2. The van der Waals surface area contributed by atoms with Crippen molar-refractivity contribution in [1.82, 2.24) is 0 Å². The van der Waals surface area contributed by atoms with Gasteiger partial charge in [-0.3, -0.25) is 9.11 Å². The molecule has 0 spiro atoms. The first-order valence-electron chi connectivity index (χ1n) is 5.16. The predicted molar refractivity (Wildman–Crippen MR) is 67.1 cm³/mol. The summed E-state index contributed by atoms with van der Waals surface area (Å²) in [7, 11) is -8.81. The zero-order chi connectivity index (χ0) is 14.9. The first-order chi connectivity index (χ1) is 8.60. The van der Waals surface area contributed by atoms with Crippen molar-refractivity contribution < 1.29 is 34.3 Å². The molecular weight excluding hydrogens is 300 g/mol. The zero-order valence-electron chi connectivity index (χ0n) is 10.2. The Morgan fingerprint density at radius 2 is 1.58 bits per heavy atom. The van der Waals surface area contributed by atoms with Gasteiger partial charge >= 0.3 is 20.8 Å². The van der Waals surface area contributed by atoms with Crippen molar-refractivity contribution in [2.75, 3.05) is 13.2 Å². The van der Waals surface area contributed by atoms with Crippen LogP contribution in [0, 0.1) is 0 Å². The maximum absolute atomic E-state index is 10.2. The molecule has 0 rings (SSSR count). The van der Waals surface area contributed by atoms with Crippen molar-refractivity contribution in [3.8, 4) is 0 Å². The van der Waals surface area contributed by atoms with Gasteiger partial charge in [0.15, 0.2) is 0 Å². The van der Waals surface area contributed by atoms with Crippen LogP contribution in [0.5, 0.6) is 0 Å². The first kappa shape index (κ1) is 18.2. The van der Waals surface area contributed by atoms with E-state index < -0.39 is 20.8 Å². The quantitative estimate of drug-likeness (QED) is 0.365. The van der Waals surface area contributed by atoms with E-state index >= 15 is 0 Å². The lowest BCUT2D eigenvalue weighted by Gasteiger charge is -1.99. The van der Waals surface area contributed by atoms with Crippen LogP contribution in [0.4, 0.5) is 0 Å². The summed E-state index contributed by atoms with van der Waals surface area (Å²) in [6.45, 7) is 1.39. The van der Waals surface area contributed by atoms with Gasteiger partial charge < -0.3 is 0 Å². The van der Waals surface area contributed by atoms with E-state index in [2.05, 4.69) is 8.37 Å². The number of hydrogen-bond donors (Lipinski definition) is 2. The fraction of sp³-hybridized carbons (Fsp3) is 0.556. The van der Waals surface area contributed by atoms with Crippen LogP contribution in [0.15, 0.2) is 23.8 Å². The highest BCUT2D eigenvalue weighted by Crippen LogP contribution is 2.02. The molecule has 0 fully saturated rings. The van der Waals surface area contributed by atoms with Crippen LogP contribution in [0.1, 0.15) is 19.8 Å². The molecule has 0 bridgehead atoms.